The maximum absolute atomic E-state index is 6.21. The number of hydrogen-bond donors (Lipinski definition) is 1. The van der Waals surface area contributed by atoms with Crippen molar-refractivity contribution in [3.63, 3.8) is 0 Å². The van der Waals surface area contributed by atoms with Gasteiger partial charge in [-0.3, -0.25) is 0 Å². The van der Waals surface area contributed by atoms with Gasteiger partial charge < -0.3 is 5.32 Å². The van der Waals surface area contributed by atoms with E-state index in [2.05, 4.69) is 36.5 Å². The summed E-state index contributed by atoms with van der Waals surface area (Å²) in [5.74, 6) is 3.92. The van der Waals surface area contributed by atoms with E-state index in [0.29, 0.717) is 16.9 Å². The normalized spacial score (nSPS) is 48.3. The zero-order valence-electron chi connectivity index (χ0n) is 16.7. The number of hydrogen-bond acceptors (Lipinski definition) is 1. The van der Waals surface area contributed by atoms with Gasteiger partial charge in [0.15, 0.2) is 0 Å². The molecule has 0 spiro atoms. The average molecular weight is 384 g/mol. The summed E-state index contributed by atoms with van der Waals surface area (Å²) in [6, 6.07) is 10.4. The van der Waals surface area contributed by atoms with Gasteiger partial charge in [-0.25, -0.2) is 0 Å². The van der Waals surface area contributed by atoms with Crippen LogP contribution in [0.2, 0.25) is 5.02 Å². The van der Waals surface area contributed by atoms with Crippen molar-refractivity contribution in [1.29, 1.82) is 0 Å². The lowest BCUT2D eigenvalue weighted by molar-refractivity contribution is -0.0903. The number of halogens is 1. The topological polar surface area (TPSA) is 12.0 Å². The molecule has 1 nitrogen and oxygen atoms in total. The van der Waals surface area contributed by atoms with Crippen molar-refractivity contribution >= 4 is 11.6 Å². The molecule has 1 N–H and O–H groups in total. The second-order valence-electron chi connectivity index (χ2n) is 11.3. The third-order valence-electron chi connectivity index (χ3n) is 9.68. The van der Waals surface area contributed by atoms with Gasteiger partial charge in [0, 0.05) is 17.1 Å². The van der Waals surface area contributed by atoms with Crippen molar-refractivity contribution in [2.24, 2.45) is 29.1 Å². The molecule has 0 radical (unpaired) electrons. The highest BCUT2D eigenvalue weighted by molar-refractivity contribution is 6.30. The van der Waals surface area contributed by atoms with Gasteiger partial charge >= 0.3 is 0 Å². The fraction of sp³-hybridized carbons (Fsp3) is 0.760. The predicted octanol–water partition coefficient (Wildman–Crippen LogP) is 6.34. The number of rotatable bonds is 4. The third-order valence-corrected chi connectivity index (χ3v) is 9.94. The molecular weight excluding hydrogens is 350 g/mol. The van der Waals surface area contributed by atoms with Crippen molar-refractivity contribution in [1.82, 2.24) is 5.32 Å². The van der Waals surface area contributed by atoms with Crippen LogP contribution in [-0.4, -0.2) is 12.1 Å². The standard InChI is InChI=1S/C25H34ClN/c1-16(27-23-10-17-2-3-20(23)9-17)24-11-18-8-19(12-24)14-25(13-18,15-24)21-4-6-22(26)7-5-21/h4-7,16-20,23,27H,2-3,8-15H2,1H3/t16-,17+,18-,19-,20+,23+,24?,25?/m0/s1. The summed E-state index contributed by atoms with van der Waals surface area (Å²) >= 11 is 6.21. The summed E-state index contributed by atoms with van der Waals surface area (Å²) < 4.78 is 0. The molecule has 0 heterocycles. The molecule has 7 rings (SSSR count). The maximum Gasteiger partial charge on any atom is 0.0406 e. The molecule has 2 heteroatoms. The molecule has 1 aromatic carbocycles. The predicted molar refractivity (Wildman–Crippen MR) is 112 cm³/mol. The van der Waals surface area contributed by atoms with E-state index in [-0.39, 0.29) is 0 Å². The van der Waals surface area contributed by atoms with Crippen LogP contribution in [-0.2, 0) is 5.41 Å². The highest BCUT2D eigenvalue weighted by Crippen LogP contribution is 2.67. The molecule has 0 aliphatic heterocycles. The molecule has 6 fully saturated rings. The molecule has 0 amide bonds. The summed E-state index contributed by atoms with van der Waals surface area (Å²) in [4.78, 5) is 0. The van der Waals surface area contributed by atoms with Crippen LogP contribution < -0.4 is 5.32 Å². The summed E-state index contributed by atoms with van der Waals surface area (Å²) in [7, 11) is 0. The van der Waals surface area contributed by atoms with Crippen LogP contribution in [0.1, 0.15) is 76.7 Å². The first-order valence-corrected chi connectivity index (χ1v) is 11.9. The quantitative estimate of drug-likeness (QED) is 0.639. The van der Waals surface area contributed by atoms with Crippen molar-refractivity contribution < 1.29 is 0 Å². The minimum atomic E-state index is 0.430. The Morgan fingerprint density at radius 2 is 1.67 bits per heavy atom. The fourth-order valence-corrected chi connectivity index (χ4v) is 9.05. The summed E-state index contributed by atoms with van der Waals surface area (Å²) in [6.45, 7) is 2.55. The highest BCUT2D eigenvalue weighted by atomic mass is 35.5. The maximum atomic E-state index is 6.21. The molecule has 6 saturated carbocycles. The molecule has 0 unspecified atom stereocenters. The Labute approximate surface area is 169 Å². The van der Waals surface area contributed by atoms with Gasteiger partial charge in [0.25, 0.3) is 0 Å². The van der Waals surface area contributed by atoms with Gasteiger partial charge in [0.1, 0.15) is 0 Å². The van der Waals surface area contributed by atoms with Crippen LogP contribution in [0.5, 0.6) is 0 Å². The van der Waals surface area contributed by atoms with Crippen molar-refractivity contribution in [3.8, 4) is 0 Å². The van der Waals surface area contributed by atoms with Gasteiger partial charge in [-0.15, -0.1) is 0 Å². The second kappa shape index (κ2) is 5.99. The Hall–Kier alpha value is -0.530. The summed E-state index contributed by atoms with van der Waals surface area (Å²) in [5, 5.41) is 5.10. The Bertz CT molecular complexity index is 710. The zero-order valence-corrected chi connectivity index (χ0v) is 17.5. The van der Waals surface area contributed by atoms with Crippen molar-refractivity contribution in [2.45, 2.75) is 88.6 Å². The van der Waals surface area contributed by atoms with Crippen molar-refractivity contribution in [2.75, 3.05) is 0 Å². The van der Waals surface area contributed by atoms with Gasteiger partial charge in [-0.05, 0) is 117 Å². The molecule has 6 aliphatic rings. The van der Waals surface area contributed by atoms with E-state index in [1.165, 1.54) is 64.2 Å². The van der Waals surface area contributed by atoms with Crippen LogP contribution in [0.3, 0.4) is 0 Å². The second-order valence-corrected chi connectivity index (χ2v) is 11.7. The molecule has 27 heavy (non-hydrogen) atoms. The van der Waals surface area contributed by atoms with Gasteiger partial charge in [-0.1, -0.05) is 30.2 Å². The minimum absolute atomic E-state index is 0.430. The largest absolute Gasteiger partial charge is 0.311 e. The van der Waals surface area contributed by atoms with Crippen LogP contribution >= 0.6 is 11.6 Å². The lowest BCUT2D eigenvalue weighted by Crippen LogP contribution is -2.61. The Morgan fingerprint density at radius 1 is 0.926 bits per heavy atom. The Kier molecular flexibility index (Phi) is 3.84. The lowest BCUT2D eigenvalue weighted by atomic mass is 9.41. The van der Waals surface area contributed by atoms with Crippen molar-refractivity contribution in [3.05, 3.63) is 34.9 Å². The van der Waals surface area contributed by atoms with Crippen LogP contribution in [0.4, 0.5) is 0 Å². The van der Waals surface area contributed by atoms with E-state index in [1.807, 2.05) is 0 Å². The first-order chi connectivity index (χ1) is 13.0. The first-order valence-electron chi connectivity index (χ1n) is 11.6. The molecule has 0 saturated heterocycles. The van der Waals surface area contributed by atoms with E-state index < -0.39 is 0 Å². The van der Waals surface area contributed by atoms with E-state index in [1.54, 1.807) is 5.56 Å². The smallest absolute Gasteiger partial charge is 0.0406 e. The molecule has 6 aliphatic carbocycles. The summed E-state index contributed by atoms with van der Waals surface area (Å²) in [6.07, 6.45) is 14.7. The molecule has 6 atom stereocenters. The molecule has 146 valence electrons. The molecule has 1 aromatic rings. The third kappa shape index (κ3) is 2.67. The molecule has 6 bridgehead atoms. The van der Waals surface area contributed by atoms with Crippen LogP contribution in [0, 0.1) is 29.1 Å². The van der Waals surface area contributed by atoms with Crippen LogP contribution in [0.15, 0.2) is 24.3 Å². The first kappa shape index (κ1) is 17.3. The summed E-state index contributed by atoms with van der Waals surface area (Å²) in [5.41, 5.74) is 2.54. The van der Waals surface area contributed by atoms with E-state index in [4.69, 9.17) is 11.6 Å². The highest BCUT2D eigenvalue weighted by Gasteiger charge is 2.60. The van der Waals surface area contributed by atoms with Crippen LogP contribution in [0.25, 0.3) is 0 Å². The lowest BCUT2D eigenvalue weighted by Gasteiger charge is -2.64. The average Bonchev–Trinajstić information content (AvgIpc) is 3.24. The monoisotopic (exact) mass is 383 g/mol. The number of fused-ring (bicyclic) bond motifs is 2. The van der Waals surface area contributed by atoms with E-state index in [0.717, 1.165) is 34.7 Å². The van der Waals surface area contributed by atoms with E-state index >= 15 is 0 Å². The number of benzene rings is 1. The molecular formula is C25H34ClN. The molecule has 0 aromatic heterocycles. The SMILES string of the molecule is C[C@H](N[C@@H]1C[C@@H]2CC[C@@H]1C2)C12C[C@@H]3C[C@H](CC(c4ccc(Cl)cc4)(C3)C1)C2. The Balaban J connectivity index is 1.28. The minimum Gasteiger partial charge on any atom is -0.311 e. The van der Waals surface area contributed by atoms with Gasteiger partial charge in [0.2, 0.25) is 0 Å². The number of nitrogens with one attached hydrogen (secondary N) is 1. The van der Waals surface area contributed by atoms with Gasteiger partial charge in [-0.2, -0.15) is 0 Å². The van der Waals surface area contributed by atoms with E-state index in [9.17, 15) is 0 Å². The van der Waals surface area contributed by atoms with Gasteiger partial charge in [0.05, 0.1) is 0 Å². The fourth-order valence-electron chi connectivity index (χ4n) is 8.93. The zero-order chi connectivity index (χ0) is 18.2. The Morgan fingerprint density at radius 3 is 2.30 bits per heavy atom.